The number of carbonyl (C=O) groups is 5. The summed E-state index contributed by atoms with van der Waals surface area (Å²) < 4.78 is 6.14. The van der Waals surface area contributed by atoms with E-state index in [0.717, 1.165) is 16.0 Å². The van der Waals surface area contributed by atoms with Crippen molar-refractivity contribution in [1.29, 1.82) is 0 Å². The first-order valence-electron chi connectivity index (χ1n) is 10.8. The van der Waals surface area contributed by atoms with Crippen LogP contribution in [0.15, 0.2) is 42.6 Å². The first-order valence-corrected chi connectivity index (χ1v) is 10.8. The van der Waals surface area contributed by atoms with E-state index in [1.54, 1.807) is 36.5 Å². The number of amides is 4. The lowest BCUT2D eigenvalue weighted by molar-refractivity contribution is -0.136. The number of aromatic nitrogens is 3. The standard InChI is InChI=1S/C24H19N5O6/c1-12-10-13(24(34)35-2)6-7-14(12)16-11-28(27-26-16)17-5-3-4-15-20(17)23(33)29(22(15)32)18-8-9-19(30)25-21(18)31/h3-7,10-11,18H,8-9H2,1-2H3,(H,25,30,31). The molecule has 1 atom stereocenters. The molecule has 3 heterocycles. The van der Waals surface area contributed by atoms with Gasteiger partial charge in [-0.05, 0) is 43.2 Å². The van der Waals surface area contributed by atoms with Crippen LogP contribution in [0.3, 0.4) is 0 Å². The smallest absolute Gasteiger partial charge is 0.337 e. The van der Waals surface area contributed by atoms with Crippen molar-refractivity contribution in [2.75, 3.05) is 7.11 Å². The molecule has 0 radical (unpaired) electrons. The number of hydrogen-bond acceptors (Lipinski definition) is 8. The van der Waals surface area contributed by atoms with Gasteiger partial charge in [-0.25, -0.2) is 9.48 Å². The highest BCUT2D eigenvalue weighted by Gasteiger charge is 2.45. The van der Waals surface area contributed by atoms with Gasteiger partial charge in [-0.15, -0.1) is 5.10 Å². The van der Waals surface area contributed by atoms with Gasteiger partial charge in [-0.3, -0.25) is 29.4 Å². The van der Waals surface area contributed by atoms with Gasteiger partial charge in [0, 0.05) is 12.0 Å². The Balaban J connectivity index is 1.50. The number of nitrogens with one attached hydrogen (secondary N) is 1. The third-order valence-corrected chi connectivity index (χ3v) is 6.11. The summed E-state index contributed by atoms with van der Waals surface area (Å²) in [5.41, 5.74) is 2.98. The molecule has 2 aliphatic heterocycles. The van der Waals surface area contributed by atoms with Crippen molar-refractivity contribution in [3.8, 4) is 16.9 Å². The molecule has 3 aromatic rings. The predicted molar refractivity (Wildman–Crippen MR) is 120 cm³/mol. The van der Waals surface area contributed by atoms with Crippen LogP contribution in [-0.2, 0) is 14.3 Å². The minimum absolute atomic E-state index is 0.0389. The molecular weight excluding hydrogens is 454 g/mol. The van der Waals surface area contributed by atoms with E-state index in [9.17, 15) is 24.0 Å². The second kappa shape index (κ2) is 8.28. The highest BCUT2D eigenvalue weighted by molar-refractivity contribution is 6.24. The van der Waals surface area contributed by atoms with Gasteiger partial charge in [0.15, 0.2) is 0 Å². The van der Waals surface area contributed by atoms with E-state index < -0.39 is 35.6 Å². The topological polar surface area (TPSA) is 141 Å². The number of carbonyl (C=O) groups excluding carboxylic acids is 5. The number of methoxy groups -OCH3 is 1. The van der Waals surface area contributed by atoms with Crippen molar-refractivity contribution in [2.45, 2.75) is 25.8 Å². The molecule has 1 N–H and O–H groups in total. The van der Waals surface area contributed by atoms with E-state index in [1.165, 1.54) is 17.9 Å². The number of benzene rings is 2. The van der Waals surface area contributed by atoms with E-state index >= 15 is 0 Å². The third-order valence-electron chi connectivity index (χ3n) is 6.11. The Morgan fingerprint density at radius 3 is 2.60 bits per heavy atom. The van der Waals surface area contributed by atoms with Gasteiger partial charge >= 0.3 is 5.97 Å². The number of esters is 1. The molecule has 5 rings (SSSR count). The number of fused-ring (bicyclic) bond motifs is 1. The van der Waals surface area contributed by atoms with Crippen molar-refractivity contribution in [3.05, 3.63) is 64.8 Å². The maximum atomic E-state index is 13.3. The van der Waals surface area contributed by atoms with E-state index in [0.29, 0.717) is 16.9 Å². The van der Waals surface area contributed by atoms with E-state index in [-0.39, 0.29) is 24.0 Å². The van der Waals surface area contributed by atoms with Gasteiger partial charge in [-0.2, -0.15) is 0 Å². The quantitative estimate of drug-likeness (QED) is 0.443. The molecule has 0 bridgehead atoms. The van der Waals surface area contributed by atoms with Crippen LogP contribution in [0.4, 0.5) is 0 Å². The molecule has 1 unspecified atom stereocenters. The van der Waals surface area contributed by atoms with E-state index in [4.69, 9.17) is 4.74 Å². The summed E-state index contributed by atoms with van der Waals surface area (Å²) in [6.07, 6.45) is 1.72. The average Bonchev–Trinajstić information content (AvgIpc) is 3.42. The number of nitrogens with zero attached hydrogens (tertiary/aromatic N) is 4. The fourth-order valence-corrected chi connectivity index (χ4v) is 4.39. The molecule has 4 amide bonds. The summed E-state index contributed by atoms with van der Waals surface area (Å²) in [4.78, 5) is 62.9. The molecule has 176 valence electrons. The summed E-state index contributed by atoms with van der Waals surface area (Å²) in [6.45, 7) is 1.82. The Morgan fingerprint density at radius 1 is 1.09 bits per heavy atom. The lowest BCUT2D eigenvalue weighted by Gasteiger charge is -2.27. The van der Waals surface area contributed by atoms with Crippen molar-refractivity contribution >= 4 is 29.6 Å². The molecule has 0 aliphatic carbocycles. The summed E-state index contributed by atoms with van der Waals surface area (Å²) >= 11 is 0. The van der Waals surface area contributed by atoms with Gasteiger partial charge in [-0.1, -0.05) is 17.3 Å². The molecule has 1 saturated heterocycles. The molecule has 11 nitrogen and oxygen atoms in total. The fourth-order valence-electron chi connectivity index (χ4n) is 4.39. The van der Waals surface area contributed by atoms with Gasteiger partial charge in [0.1, 0.15) is 11.7 Å². The summed E-state index contributed by atoms with van der Waals surface area (Å²) in [6, 6.07) is 8.72. The minimum atomic E-state index is -1.06. The lowest BCUT2D eigenvalue weighted by atomic mass is 10.0. The largest absolute Gasteiger partial charge is 0.465 e. The van der Waals surface area contributed by atoms with Crippen LogP contribution >= 0.6 is 0 Å². The zero-order valence-electron chi connectivity index (χ0n) is 18.8. The van der Waals surface area contributed by atoms with E-state index in [1.807, 2.05) is 6.92 Å². The van der Waals surface area contributed by atoms with Gasteiger partial charge in [0.05, 0.1) is 35.7 Å². The maximum Gasteiger partial charge on any atom is 0.337 e. The highest BCUT2D eigenvalue weighted by atomic mass is 16.5. The molecule has 0 saturated carbocycles. The molecule has 35 heavy (non-hydrogen) atoms. The monoisotopic (exact) mass is 473 g/mol. The number of ether oxygens (including phenoxy) is 1. The van der Waals surface area contributed by atoms with E-state index in [2.05, 4.69) is 15.6 Å². The van der Waals surface area contributed by atoms with Crippen molar-refractivity contribution in [3.63, 3.8) is 0 Å². The van der Waals surface area contributed by atoms with Gasteiger partial charge in [0.2, 0.25) is 11.8 Å². The van der Waals surface area contributed by atoms with Crippen molar-refractivity contribution in [2.24, 2.45) is 0 Å². The predicted octanol–water partition coefficient (Wildman–Crippen LogP) is 1.43. The second-order valence-electron chi connectivity index (χ2n) is 8.22. The average molecular weight is 473 g/mol. The van der Waals surface area contributed by atoms with Gasteiger partial charge < -0.3 is 4.74 Å². The first-order chi connectivity index (χ1) is 16.8. The number of hydrogen-bond donors (Lipinski definition) is 1. The molecule has 1 aromatic heterocycles. The van der Waals surface area contributed by atoms with Gasteiger partial charge in [0.25, 0.3) is 11.8 Å². The van der Waals surface area contributed by atoms with Crippen LogP contribution in [0.1, 0.15) is 49.5 Å². The molecule has 1 fully saturated rings. The number of rotatable bonds is 4. The van der Waals surface area contributed by atoms with Crippen LogP contribution in [0.5, 0.6) is 0 Å². The van der Waals surface area contributed by atoms with Crippen molar-refractivity contribution in [1.82, 2.24) is 25.2 Å². The molecule has 0 spiro atoms. The Kier molecular flexibility index (Phi) is 5.24. The Hall–Kier alpha value is -4.67. The third kappa shape index (κ3) is 3.57. The first kappa shape index (κ1) is 22.1. The maximum absolute atomic E-state index is 13.3. The number of piperidine rings is 1. The summed E-state index contributed by atoms with van der Waals surface area (Å²) in [7, 11) is 1.31. The molecule has 2 aromatic carbocycles. The van der Waals surface area contributed by atoms with Crippen LogP contribution in [0.2, 0.25) is 0 Å². The minimum Gasteiger partial charge on any atom is -0.465 e. The van der Waals surface area contributed by atoms with Crippen LogP contribution in [-0.4, -0.2) is 62.6 Å². The Bertz CT molecular complexity index is 1440. The lowest BCUT2D eigenvalue weighted by Crippen LogP contribution is -2.54. The Labute approximate surface area is 198 Å². The van der Waals surface area contributed by atoms with Crippen LogP contribution in [0.25, 0.3) is 16.9 Å². The molecule has 11 heteroatoms. The normalized spacial score (nSPS) is 17.4. The molecule has 2 aliphatic rings. The van der Waals surface area contributed by atoms with Crippen LogP contribution in [0, 0.1) is 6.92 Å². The fraction of sp³-hybridized carbons (Fsp3) is 0.208. The summed E-state index contributed by atoms with van der Waals surface area (Å²) in [5, 5.41) is 10.5. The van der Waals surface area contributed by atoms with Crippen molar-refractivity contribution < 1.29 is 28.7 Å². The van der Waals surface area contributed by atoms with Crippen LogP contribution < -0.4 is 5.32 Å². The number of imide groups is 2. The Morgan fingerprint density at radius 2 is 1.89 bits per heavy atom. The molecular formula is C24H19N5O6. The highest BCUT2D eigenvalue weighted by Crippen LogP contribution is 2.32. The summed E-state index contributed by atoms with van der Waals surface area (Å²) in [5.74, 6) is -2.80. The zero-order valence-corrected chi connectivity index (χ0v) is 18.8. The SMILES string of the molecule is COC(=O)c1ccc(-c2cn(-c3cccc4c3C(=O)N(C3CCC(=O)NC3=O)C4=O)nn2)c(C)c1. The number of aryl methyl sites for hydroxylation is 1. The zero-order chi connectivity index (χ0) is 24.9. The second-order valence-corrected chi connectivity index (χ2v) is 8.22.